The van der Waals surface area contributed by atoms with Crippen molar-refractivity contribution in [1.82, 2.24) is 4.90 Å². The van der Waals surface area contributed by atoms with Gasteiger partial charge in [0.25, 0.3) is 0 Å². The predicted molar refractivity (Wildman–Crippen MR) is 66.7 cm³/mol. The summed E-state index contributed by atoms with van der Waals surface area (Å²) in [7, 11) is 0. The quantitative estimate of drug-likeness (QED) is 0.744. The van der Waals surface area contributed by atoms with Crippen LogP contribution in [0, 0.1) is 0 Å². The van der Waals surface area contributed by atoms with E-state index in [1.54, 1.807) is 0 Å². The number of hydrogen-bond acceptors (Lipinski definition) is 2. The Labute approximate surface area is 102 Å². The number of rotatable bonds is 1. The van der Waals surface area contributed by atoms with Gasteiger partial charge < -0.3 is 4.74 Å². The van der Waals surface area contributed by atoms with E-state index < -0.39 is 0 Å². The Morgan fingerprint density at radius 1 is 1.18 bits per heavy atom. The standard InChI is InChI=1S/C14H19NO2/c1-10-12(11-8-6-5-7-9-11)17-13(16)15(10)14(2,3)4/h5-10,12H,1-4H3. The molecule has 1 fully saturated rings. The maximum absolute atomic E-state index is 11.9. The molecule has 2 rings (SSSR count). The third-order valence-corrected chi connectivity index (χ3v) is 3.12. The molecule has 1 heterocycles. The zero-order valence-electron chi connectivity index (χ0n) is 10.8. The monoisotopic (exact) mass is 233 g/mol. The van der Waals surface area contributed by atoms with Crippen molar-refractivity contribution in [1.29, 1.82) is 0 Å². The van der Waals surface area contributed by atoms with Gasteiger partial charge in [0.05, 0.1) is 6.04 Å². The van der Waals surface area contributed by atoms with Gasteiger partial charge in [-0.3, -0.25) is 4.90 Å². The van der Waals surface area contributed by atoms with E-state index >= 15 is 0 Å². The van der Waals surface area contributed by atoms with E-state index in [-0.39, 0.29) is 23.8 Å². The van der Waals surface area contributed by atoms with Crippen LogP contribution in [0.4, 0.5) is 4.79 Å². The number of amides is 1. The van der Waals surface area contributed by atoms with Crippen molar-refractivity contribution in [2.75, 3.05) is 0 Å². The van der Waals surface area contributed by atoms with Crippen LogP contribution in [-0.4, -0.2) is 22.6 Å². The summed E-state index contributed by atoms with van der Waals surface area (Å²) in [6, 6.07) is 9.96. The number of carbonyl (C=O) groups is 1. The molecule has 2 atom stereocenters. The average molecular weight is 233 g/mol. The lowest BCUT2D eigenvalue weighted by molar-refractivity contribution is 0.119. The first kappa shape index (κ1) is 12.0. The summed E-state index contributed by atoms with van der Waals surface area (Å²) in [5.41, 5.74) is 0.847. The number of carbonyl (C=O) groups excluding carboxylic acids is 1. The Kier molecular flexibility index (Phi) is 2.86. The average Bonchev–Trinajstić information content (AvgIpc) is 2.54. The first-order chi connectivity index (χ1) is 7.91. The van der Waals surface area contributed by atoms with Crippen LogP contribution in [0.15, 0.2) is 30.3 Å². The van der Waals surface area contributed by atoms with Gasteiger partial charge in [-0.25, -0.2) is 4.79 Å². The number of hydrogen-bond donors (Lipinski definition) is 0. The minimum atomic E-state index is -0.223. The van der Waals surface area contributed by atoms with E-state index in [2.05, 4.69) is 0 Å². The van der Waals surface area contributed by atoms with Crippen molar-refractivity contribution >= 4 is 6.09 Å². The fourth-order valence-corrected chi connectivity index (χ4v) is 2.44. The van der Waals surface area contributed by atoms with Gasteiger partial charge in [0.2, 0.25) is 0 Å². The van der Waals surface area contributed by atoms with Gasteiger partial charge in [-0.05, 0) is 33.3 Å². The largest absolute Gasteiger partial charge is 0.439 e. The molecule has 0 spiro atoms. The highest BCUT2D eigenvalue weighted by Gasteiger charge is 2.44. The predicted octanol–water partition coefficient (Wildman–Crippen LogP) is 3.37. The van der Waals surface area contributed by atoms with Crippen LogP contribution in [-0.2, 0) is 4.74 Å². The summed E-state index contributed by atoms with van der Waals surface area (Å²) in [4.78, 5) is 13.7. The van der Waals surface area contributed by atoms with E-state index in [0.29, 0.717) is 0 Å². The number of nitrogens with zero attached hydrogens (tertiary/aromatic N) is 1. The normalized spacial score (nSPS) is 24.9. The van der Waals surface area contributed by atoms with Crippen LogP contribution < -0.4 is 0 Å². The molecule has 0 aliphatic carbocycles. The molecule has 0 radical (unpaired) electrons. The van der Waals surface area contributed by atoms with Gasteiger partial charge in [-0.1, -0.05) is 30.3 Å². The van der Waals surface area contributed by atoms with E-state index in [9.17, 15) is 4.79 Å². The molecule has 0 saturated carbocycles. The minimum Gasteiger partial charge on any atom is -0.439 e. The lowest BCUT2D eigenvalue weighted by atomic mass is 9.99. The fourth-order valence-electron chi connectivity index (χ4n) is 2.44. The topological polar surface area (TPSA) is 29.5 Å². The molecule has 0 N–H and O–H groups in total. The molecule has 1 amide bonds. The second-order valence-electron chi connectivity index (χ2n) is 5.50. The van der Waals surface area contributed by atoms with Crippen molar-refractivity contribution in [2.24, 2.45) is 0 Å². The third kappa shape index (κ3) is 2.14. The smallest absolute Gasteiger partial charge is 0.411 e. The van der Waals surface area contributed by atoms with Crippen LogP contribution in [0.3, 0.4) is 0 Å². The van der Waals surface area contributed by atoms with E-state index in [1.807, 2.05) is 62.9 Å². The molecule has 1 saturated heterocycles. The Balaban J connectivity index is 2.28. The van der Waals surface area contributed by atoms with Crippen LogP contribution in [0.1, 0.15) is 39.4 Å². The summed E-state index contributed by atoms with van der Waals surface area (Å²) in [5, 5.41) is 0. The Hall–Kier alpha value is -1.51. The number of cyclic esters (lactones) is 1. The fraction of sp³-hybridized carbons (Fsp3) is 0.500. The molecule has 1 aliphatic heterocycles. The van der Waals surface area contributed by atoms with Gasteiger partial charge in [-0.2, -0.15) is 0 Å². The molecular weight excluding hydrogens is 214 g/mol. The van der Waals surface area contributed by atoms with Crippen molar-refractivity contribution in [2.45, 2.75) is 45.4 Å². The molecule has 1 aromatic rings. The van der Waals surface area contributed by atoms with Gasteiger partial charge in [0, 0.05) is 5.54 Å². The highest BCUT2D eigenvalue weighted by Crippen LogP contribution is 2.36. The minimum absolute atomic E-state index is 0.0601. The van der Waals surface area contributed by atoms with E-state index in [1.165, 1.54) is 0 Å². The summed E-state index contributed by atoms with van der Waals surface area (Å²) in [5.74, 6) is 0. The second-order valence-corrected chi connectivity index (χ2v) is 5.50. The molecule has 92 valence electrons. The maximum atomic E-state index is 11.9. The number of ether oxygens (including phenoxy) is 1. The van der Waals surface area contributed by atoms with E-state index in [0.717, 1.165) is 5.56 Å². The van der Waals surface area contributed by atoms with Crippen LogP contribution in [0.25, 0.3) is 0 Å². The Morgan fingerprint density at radius 3 is 2.24 bits per heavy atom. The summed E-state index contributed by atoms with van der Waals surface area (Å²) in [6.07, 6.45) is -0.387. The van der Waals surface area contributed by atoms with Crippen molar-refractivity contribution < 1.29 is 9.53 Å². The molecule has 0 aromatic heterocycles. The molecule has 1 aromatic carbocycles. The SMILES string of the molecule is CC1C(c2ccccc2)OC(=O)N1C(C)(C)C. The van der Waals surface area contributed by atoms with Gasteiger partial charge >= 0.3 is 6.09 Å². The van der Waals surface area contributed by atoms with Crippen LogP contribution in [0.2, 0.25) is 0 Å². The van der Waals surface area contributed by atoms with Crippen molar-refractivity contribution in [3.8, 4) is 0 Å². The zero-order chi connectivity index (χ0) is 12.6. The maximum Gasteiger partial charge on any atom is 0.411 e. The summed E-state index contributed by atoms with van der Waals surface area (Å²) < 4.78 is 5.49. The van der Waals surface area contributed by atoms with Gasteiger partial charge in [0.1, 0.15) is 6.10 Å². The van der Waals surface area contributed by atoms with Crippen LogP contribution >= 0.6 is 0 Å². The van der Waals surface area contributed by atoms with Crippen molar-refractivity contribution in [3.63, 3.8) is 0 Å². The first-order valence-electron chi connectivity index (χ1n) is 5.96. The number of benzene rings is 1. The summed E-state index contributed by atoms with van der Waals surface area (Å²) >= 11 is 0. The second kappa shape index (κ2) is 4.06. The van der Waals surface area contributed by atoms with Gasteiger partial charge in [-0.15, -0.1) is 0 Å². The molecule has 2 unspecified atom stereocenters. The molecule has 3 nitrogen and oxygen atoms in total. The highest BCUT2D eigenvalue weighted by molar-refractivity contribution is 5.72. The lowest BCUT2D eigenvalue weighted by Crippen LogP contribution is -2.46. The van der Waals surface area contributed by atoms with E-state index in [4.69, 9.17) is 4.74 Å². The Bertz CT molecular complexity index is 408. The van der Waals surface area contributed by atoms with Gasteiger partial charge in [0.15, 0.2) is 0 Å². The molecule has 17 heavy (non-hydrogen) atoms. The highest BCUT2D eigenvalue weighted by atomic mass is 16.6. The van der Waals surface area contributed by atoms with Crippen LogP contribution in [0.5, 0.6) is 0 Å². The molecule has 3 heteroatoms. The Morgan fingerprint density at radius 2 is 1.76 bits per heavy atom. The third-order valence-electron chi connectivity index (χ3n) is 3.12. The molecular formula is C14H19NO2. The zero-order valence-corrected chi connectivity index (χ0v) is 10.8. The van der Waals surface area contributed by atoms with Crippen molar-refractivity contribution in [3.05, 3.63) is 35.9 Å². The lowest BCUT2D eigenvalue weighted by Gasteiger charge is -2.33. The summed E-state index contributed by atoms with van der Waals surface area (Å²) in [6.45, 7) is 8.11. The molecule has 1 aliphatic rings. The molecule has 0 bridgehead atoms. The first-order valence-corrected chi connectivity index (χ1v) is 5.96.